The Morgan fingerprint density at radius 2 is 2.18 bits per heavy atom. The van der Waals surface area contributed by atoms with Crippen molar-refractivity contribution in [2.75, 3.05) is 6.54 Å². The molecule has 0 saturated carbocycles. The average Bonchev–Trinajstić information content (AvgIpc) is 2.50. The highest BCUT2D eigenvalue weighted by atomic mass is 79.9. The van der Waals surface area contributed by atoms with E-state index in [2.05, 4.69) is 27.8 Å². The van der Waals surface area contributed by atoms with Crippen LogP contribution in [-0.2, 0) is 6.54 Å². The normalized spacial score (nSPS) is 22.4. The summed E-state index contributed by atoms with van der Waals surface area (Å²) in [6.45, 7) is 4.40. The molecular weight excluding hydrogens is 278 g/mol. The summed E-state index contributed by atoms with van der Waals surface area (Å²) < 4.78 is 1.09. The van der Waals surface area contributed by atoms with Crippen molar-refractivity contribution in [3.63, 3.8) is 0 Å². The van der Waals surface area contributed by atoms with Crippen LogP contribution in [0.3, 0.4) is 0 Å². The van der Waals surface area contributed by atoms with Crippen molar-refractivity contribution in [2.24, 2.45) is 0 Å². The minimum Gasteiger partial charge on any atom is -0.508 e. The third-order valence-corrected chi connectivity index (χ3v) is 4.37. The van der Waals surface area contributed by atoms with Gasteiger partial charge in [0, 0.05) is 17.1 Å². The summed E-state index contributed by atoms with van der Waals surface area (Å²) in [7, 11) is 0. The summed E-state index contributed by atoms with van der Waals surface area (Å²) in [6, 6.07) is 6.15. The Balaban J connectivity index is 2.10. The minimum atomic E-state index is 0.352. The fourth-order valence-electron chi connectivity index (χ4n) is 2.47. The van der Waals surface area contributed by atoms with Crippen LogP contribution in [0.15, 0.2) is 22.7 Å². The SMILES string of the molecule is CC1CCCCCN1Cc1cc(O)ccc1Br. The molecule has 2 nitrogen and oxygen atoms in total. The lowest BCUT2D eigenvalue weighted by atomic mass is 10.1. The van der Waals surface area contributed by atoms with Crippen LogP contribution < -0.4 is 0 Å². The van der Waals surface area contributed by atoms with Gasteiger partial charge in [0.05, 0.1) is 0 Å². The van der Waals surface area contributed by atoms with Crippen molar-refractivity contribution in [3.05, 3.63) is 28.2 Å². The zero-order valence-electron chi connectivity index (χ0n) is 10.3. The molecule has 0 bridgehead atoms. The lowest BCUT2D eigenvalue weighted by Crippen LogP contribution is -2.32. The predicted molar refractivity (Wildman–Crippen MR) is 74.1 cm³/mol. The molecule has 94 valence electrons. The van der Waals surface area contributed by atoms with E-state index in [9.17, 15) is 5.11 Å². The van der Waals surface area contributed by atoms with E-state index < -0.39 is 0 Å². The first-order valence-electron chi connectivity index (χ1n) is 6.38. The molecule has 1 aromatic rings. The Bertz CT molecular complexity index is 380. The Labute approximate surface area is 112 Å². The summed E-state index contributed by atoms with van der Waals surface area (Å²) in [5, 5.41) is 9.55. The Morgan fingerprint density at radius 3 is 3.00 bits per heavy atom. The van der Waals surface area contributed by atoms with Crippen LogP contribution in [0.5, 0.6) is 5.75 Å². The van der Waals surface area contributed by atoms with Gasteiger partial charge in [0.15, 0.2) is 0 Å². The van der Waals surface area contributed by atoms with Crippen molar-refractivity contribution in [2.45, 2.75) is 45.2 Å². The van der Waals surface area contributed by atoms with Gasteiger partial charge in [-0.15, -0.1) is 0 Å². The highest BCUT2D eigenvalue weighted by molar-refractivity contribution is 9.10. The lowest BCUT2D eigenvalue weighted by molar-refractivity contribution is 0.204. The third kappa shape index (κ3) is 3.46. The molecule has 0 aliphatic carbocycles. The Kier molecular flexibility index (Phi) is 4.46. The maximum absolute atomic E-state index is 9.55. The molecule has 1 saturated heterocycles. The predicted octanol–water partition coefficient (Wildman–Crippen LogP) is 3.92. The van der Waals surface area contributed by atoms with E-state index in [1.54, 1.807) is 6.07 Å². The van der Waals surface area contributed by atoms with Gasteiger partial charge in [-0.05, 0) is 50.1 Å². The van der Waals surface area contributed by atoms with Gasteiger partial charge in [-0.3, -0.25) is 4.90 Å². The number of halogens is 1. The lowest BCUT2D eigenvalue weighted by Gasteiger charge is -2.27. The first kappa shape index (κ1) is 12.9. The van der Waals surface area contributed by atoms with Gasteiger partial charge < -0.3 is 5.11 Å². The topological polar surface area (TPSA) is 23.5 Å². The van der Waals surface area contributed by atoms with Crippen LogP contribution in [0, 0.1) is 0 Å². The average molecular weight is 298 g/mol. The molecule has 1 N–H and O–H groups in total. The fourth-order valence-corrected chi connectivity index (χ4v) is 2.84. The van der Waals surface area contributed by atoms with Gasteiger partial charge in [-0.25, -0.2) is 0 Å². The Hall–Kier alpha value is -0.540. The summed E-state index contributed by atoms with van der Waals surface area (Å²) in [5.41, 5.74) is 1.18. The summed E-state index contributed by atoms with van der Waals surface area (Å²) in [4.78, 5) is 2.52. The smallest absolute Gasteiger partial charge is 0.115 e. The number of likely N-dealkylation sites (tertiary alicyclic amines) is 1. The van der Waals surface area contributed by atoms with Gasteiger partial charge in [0.1, 0.15) is 5.75 Å². The standard InChI is InChI=1S/C14H20BrNO/c1-11-5-3-2-4-8-16(11)10-12-9-13(17)6-7-14(12)15/h6-7,9,11,17H,2-5,8,10H2,1H3. The fraction of sp³-hybridized carbons (Fsp3) is 0.571. The summed E-state index contributed by atoms with van der Waals surface area (Å²) >= 11 is 3.56. The molecule has 0 radical (unpaired) electrons. The zero-order valence-corrected chi connectivity index (χ0v) is 11.9. The summed E-state index contributed by atoms with van der Waals surface area (Å²) in [5.74, 6) is 0.352. The Morgan fingerprint density at radius 1 is 1.35 bits per heavy atom. The second-order valence-electron chi connectivity index (χ2n) is 4.94. The second kappa shape index (κ2) is 5.87. The monoisotopic (exact) mass is 297 g/mol. The van der Waals surface area contributed by atoms with Crippen LogP contribution in [0.1, 0.15) is 38.2 Å². The van der Waals surface area contributed by atoms with Crippen LogP contribution in [0.25, 0.3) is 0 Å². The van der Waals surface area contributed by atoms with E-state index >= 15 is 0 Å². The first-order valence-corrected chi connectivity index (χ1v) is 7.17. The van der Waals surface area contributed by atoms with Crippen LogP contribution in [0.2, 0.25) is 0 Å². The van der Waals surface area contributed by atoms with E-state index in [1.807, 2.05) is 12.1 Å². The number of hydrogen-bond donors (Lipinski definition) is 1. The molecule has 1 aromatic carbocycles. The molecule has 0 spiro atoms. The van der Waals surface area contributed by atoms with E-state index in [0.717, 1.165) is 11.0 Å². The van der Waals surface area contributed by atoms with Crippen LogP contribution in [0.4, 0.5) is 0 Å². The molecule has 17 heavy (non-hydrogen) atoms. The number of rotatable bonds is 2. The summed E-state index contributed by atoms with van der Waals surface area (Å²) in [6.07, 6.45) is 5.28. The molecule has 3 heteroatoms. The minimum absolute atomic E-state index is 0.352. The van der Waals surface area contributed by atoms with Gasteiger partial charge in [-0.1, -0.05) is 28.8 Å². The van der Waals surface area contributed by atoms with Crippen molar-refractivity contribution < 1.29 is 5.11 Å². The molecule has 1 unspecified atom stereocenters. The number of aromatic hydroxyl groups is 1. The molecule has 1 aliphatic rings. The quantitative estimate of drug-likeness (QED) is 0.894. The molecular formula is C14H20BrNO. The largest absolute Gasteiger partial charge is 0.508 e. The number of benzene rings is 1. The van der Waals surface area contributed by atoms with Crippen molar-refractivity contribution in [3.8, 4) is 5.75 Å². The molecule has 0 amide bonds. The highest BCUT2D eigenvalue weighted by Gasteiger charge is 2.17. The van der Waals surface area contributed by atoms with Crippen LogP contribution >= 0.6 is 15.9 Å². The number of hydrogen-bond acceptors (Lipinski definition) is 2. The van der Waals surface area contributed by atoms with Gasteiger partial charge >= 0.3 is 0 Å². The van der Waals surface area contributed by atoms with Gasteiger partial charge in [-0.2, -0.15) is 0 Å². The van der Waals surface area contributed by atoms with Gasteiger partial charge in [0.25, 0.3) is 0 Å². The zero-order chi connectivity index (χ0) is 12.3. The third-order valence-electron chi connectivity index (χ3n) is 3.59. The molecule has 1 aliphatic heterocycles. The van der Waals surface area contributed by atoms with E-state index in [0.29, 0.717) is 11.8 Å². The van der Waals surface area contributed by atoms with Crippen molar-refractivity contribution >= 4 is 15.9 Å². The maximum atomic E-state index is 9.55. The number of nitrogens with zero attached hydrogens (tertiary/aromatic N) is 1. The van der Waals surface area contributed by atoms with Crippen LogP contribution in [-0.4, -0.2) is 22.6 Å². The van der Waals surface area contributed by atoms with E-state index in [-0.39, 0.29) is 0 Å². The van der Waals surface area contributed by atoms with E-state index in [1.165, 1.54) is 37.8 Å². The van der Waals surface area contributed by atoms with Crippen molar-refractivity contribution in [1.82, 2.24) is 4.90 Å². The number of phenolic OH excluding ortho intramolecular Hbond substituents is 1. The van der Waals surface area contributed by atoms with E-state index in [4.69, 9.17) is 0 Å². The molecule has 1 atom stereocenters. The molecule has 1 fully saturated rings. The number of phenols is 1. The highest BCUT2D eigenvalue weighted by Crippen LogP contribution is 2.25. The molecule has 1 heterocycles. The maximum Gasteiger partial charge on any atom is 0.115 e. The second-order valence-corrected chi connectivity index (χ2v) is 5.80. The first-order chi connectivity index (χ1) is 8.16. The van der Waals surface area contributed by atoms with Crippen molar-refractivity contribution in [1.29, 1.82) is 0 Å². The van der Waals surface area contributed by atoms with Gasteiger partial charge in [0.2, 0.25) is 0 Å². The molecule has 0 aromatic heterocycles. The molecule has 2 rings (SSSR count).